The highest BCUT2D eigenvalue weighted by atomic mass is 16.8. The van der Waals surface area contributed by atoms with Crippen molar-refractivity contribution in [1.82, 2.24) is 15.4 Å². The van der Waals surface area contributed by atoms with Crippen LogP contribution in [0.2, 0.25) is 0 Å². The average Bonchev–Trinajstić information content (AvgIpc) is 2.83. The third-order valence-corrected chi connectivity index (χ3v) is 5.48. The molecule has 0 saturated carbocycles. The van der Waals surface area contributed by atoms with E-state index in [2.05, 4.69) is 15.4 Å². The molecule has 1 amide bonds. The second-order valence-electron chi connectivity index (χ2n) is 7.79. The highest BCUT2D eigenvalue weighted by molar-refractivity contribution is 5.96. The Morgan fingerprint density at radius 3 is 2.78 bits per heavy atom. The number of aromatic nitrogens is 2. The van der Waals surface area contributed by atoms with Crippen molar-refractivity contribution in [3.8, 4) is 5.75 Å². The van der Waals surface area contributed by atoms with Crippen LogP contribution in [0.3, 0.4) is 0 Å². The lowest BCUT2D eigenvalue weighted by Crippen LogP contribution is -2.33. The number of ether oxygens (including phenoxy) is 2. The third kappa shape index (κ3) is 5.52. The van der Waals surface area contributed by atoms with Crippen LogP contribution in [-0.2, 0) is 22.4 Å². The van der Waals surface area contributed by atoms with Gasteiger partial charge in [-0.25, -0.2) is 15.3 Å². The van der Waals surface area contributed by atoms with Crippen molar-refractivity contribution in [2.24, 2.45) is 0 Å². The number of hydroxylamine groups is 1. The van der Waals surface area contributed by atoms with Crippen LogP contribution >= 0.6 is 0 Å². The van der Waals surface area contributed by atoms with Gasteiger partial charge in [-0.1, -0.05) is 12.1 Å². The molecule has 32 heavy (non-hydrogen) atoms. The van der Waals surface area contributed by atoms with Gasteiger partial charge in [0.2, 0.25) is 0 Å². The number of benzene rings is 2. The molecule has 1 atom stereocenters. The monoisotopic (exact) mass is 437 g/mol. The van der Waals surface area contributed by atoms with Crippen LogP contribution in [-0.4, -0.2) is 35.9 Å². The molecule has 2 aromatic carbocycles. The maximum Gasteiger partial charge on any atom is 0.275 e. The fraction of sp³-hybridized carbons (Fsp3) is 0.375. The molecule has 0 spiro atoms. The van der Waals surface area contributed by atoms with Gasteiger partial charge in [0.1, 0.15) is 11.4 Å². The summed E-state index contributed by atoms with van der Waals surface area (Å²) in [6.07, 6.45) is 4.54. The van der Waals surface area contributed by atoms with E-state index in [9.17, 15) is 9.59 Å². The second kappa shape index (κ2) is 10.4. The number of nitrogens with one attached hydrogen (secondary N) is 2. The van der Waals surface area contributed by atoms with E-state index in [1.807, 2.05) is 24.3 Å². The first kappa shape index (κ1) is 22.0. The van der Waals surface area contributed by atoms with Gasteiger partial charge in [-0.2, -0.15) is 0 Å². The van der Waals surface area contributed by atoms with Crippen LogP contribution in [0.5, 0.6) is 5.75 Å². The van der Waals surface area contributed by atoms with E-state index in [4.69, 9.17) is 14.3 Å². The van der Waals surface area contributed by atoms with Gasteiger partial charge in [0, 0.05) is 18.6 Å². The van der Waals surface area contributed by atoms with Gasteiger partial charge in [-0.15, -0.1) is 0 Å². The fourth-order valence-corrected chi connectivity index (χ4v) is 3.67. The summed E-state index contributed by atoms with van der Waals surface area (Å²) in [4.78, 5) is 37.6. The molecule has 1 unspecified atom stereocenters. The molecular formula is C24H27N3O5. The highest BCUT2D eigenvalue weighted by Gasteiger charge is 2.17. The number of hydrogen-bond acceptors (Lipinski definition) is 6. The van der Waals surface area contributed by atoms with E-state index in [0.717, 1.165) is 37.9 Å². The predicted octanol–water partition coefficient (Wildman–Crippen LogP) is 3.30. The topological polar surface area (TPSA) is 103 Å². The summed E-state index contributed by atoms with van der Waals surface area (Å²) in [6.45, 7) is 0.631. The average molecular weight is 437 g/mol. The van der Waals surface area contributed by atoms with Crippen LogP contribution < -0.4 is 15.8 Å². The summed E-state index contributed by atoms with van der Waals surface area (Å²) in [5, 5.41) is 0. The highest BCUT2D eigenvalue weighted by Crippen LogP contribution is 2.16. The molecule has 0 radical (unpaired) electrons. The van der Waals surface area contributed by atoms with Crippen molar-refractivity contribution < 1.29 is 19.1 Å². The minimum absolute atomic E-state index is 0.239. The molecule has 168 valence electrons. The van der Waals surface area contributed by atoms with E-state index in [1.54, 1.807) is 25.3 Å². The number of aryl methyl sites for hydroxylation is 2. The van der Waals surface area contributed by atoms with Crippen molar-refractivity contribution in [3.63, 3.8) is 0 Å². The predicted molar refractivity (Wildman–Crippen MR) is 120 cm³/mol. The van der Waals surface area contributed by atoms with Crippen molar-refractivity contribution in [1.29, 1.82) is 0 Å². The third-order valence-electron chi connectivity index (χ3n) is 5.48. The molecule has 8 nitrogen and oxygen atoms in total. The van der Waals surface area contributed by atoms with E-state index >= 15 is 0 Å². The molecule has 0 bridgehead atoms. The van der Waals surface area contributed by atoms with Crippen molar-refractivity contribution in [2.75, 3.05) is 13.7 Å². The molecule has 8 heteroatoms. The number of aromatic amines is 1. The zero-order chi connectivity index (χ0) is 22.3. The Hall–Kier alpha value is -3.23. The lowest BCUT2D eigenvalue weighted by Gasteiger charge is -2.22. The number of amides is 1. The van der Waals surface area contributed by atoms with Gasteiger partial charge in [-0.05, 0) is 68.0 Å². The normalized spacial score (nSPS) is 16.1. The zero-order valence-corrected chi connectivity index (χ0v) is 18.1. The van der Waals surface area contributed by atoms with Gasteiger partial charge in [0.05, 0.1) is 18.1 Å². The number of methoxy groups -OCH3 is 1. The van der Waals surface area contributed by atoms with Gasteiger partial charge in [0.25, 0.3) is 11.5 Å². The van der Waals surface area contributed by atoms with Crippen LogP contribution in [0.25, 0.3) is 11.0 Å². The van der Waals surface area contributed by atoms with E-state index in [-0.39, 0.29) is 5.56 Å². The Bertz CT molecular complexity index is 1120. The maximum atomic E-state index is 12.5. The molecule has 1 aliphatic rings. The fourth-order valence-electron chi connectivity index (χ4n) is 3.67. The van der Waals surface area contributed by atoms with Crippen LogP contribution in [0.1, 0.15) is 47.3 Å². The molecule has 2 heterocycles. The number of nitrogens with zero attached hydrogens (tertiary/aromatic N) is 1. The van der Waals surface area contributed by atoms with Crippen molar-refractivity contribution >= 4 is 16.9 Å². The van der Waals surface area contributed by atoms with Gasteiger partial charge in [0.15, 0.2) is 6.29 Å². The first-order chi connectivity index (χ1) is 15.6. The summed E-state index contributed by atoms with van der Waals surface area (Å²) in [6, 6.07) is 12.9. The molecule has 1 aromatic heterocycles. The quantitative estimate of drug-likeness (QED) is 0.524. The van der Waals surface area contributed by atoms with E-state index < -0.39 is 12.2 Å². The second-order valence-corrected chi connectivity index (χ2v) is 7.79. The first-order valence-corrected chi connectivity index (χ1v) is 10.9. The molecule has 2 N–H and O–H groups in total. The minimum Gasteiger partial charge on any atom is -0.497 e. The molecule has 0 aliphatic carbocycles. The number of carbonyl (C=O) groups excluding carboxylic acids is 1. The number of fused-ring (bicyclic) bond motifs is 1. The maximum absolute atomic E-state index is 12.5. The molecule has 4 rings (SSSR count). The van der Waals surface area contributed by atoms with Crippen molar-refractivity contribution in [3.05, 3.63) is 69.6 Å². The summed E-state index contributed by atoms with van der Waals surface area (Å²) < 4.78 is 10.6. The van der Waals surface area contributed by atoms with Crippen molar-refractivity contribution in [2.45, 2.75) is 44.8 Å². The largest absolute Gasteiger partial charge is 0.497 e. The smallest absolute Gasteiger partial charge is 0.275 e. The number of H-pyrrole nitrogens is 1. The minimum atomic E-state index is -0.421. The lowest BCUT2D eigenvalue weighted by molar-refractivity contribution is -0.186. The van der Waals surface area contributed by atoms with E-state index in [1.165, 1.54) is 5.56 Å². The summed E-state index contributed by atoms with van der Waals surface area (Å²) >= 11 is 0. The van der Waals surface area contributed by atoms with E-state index in [0.29, 0.717) is 35.3 Å². The standard InChI is InChI=1S/C24H27N3O5/c1-30-18-11-8-16(9-12-18)5-4-6-20-24(29)26-21-15-17(10-13-19(21)25-20)23(28)27-32-22-7-2-3-14-31-22/h8-13,15,22H,2-7,14H2,1H3,(H,26,29)(H,27,28). The lowest BCUT2D eigenvalue weighted by atomic mass is 10.1. The number of hydrogen-bond donors (Lipinski definition) is 2. The zero-order valence-electron chi connectivity index (χ0n) is 18.1. The summed E-state index contributed by atoms with van der Waals surface area (Å²) in [5.74, 6) is 0.425. The molecular weight excluding hydrogens is 410 g/mol. The Morgan fingerprint density at radius 1 is 1.19 bits per heavy atom. The SMILES string of the molecule is COc1ccc(CCCc2nc3ccc(C(=O)NOC4CCCCO4)cc3[nH]c2=O)cc1. The summed E-state index contributed by atoms with van der Waals surface area (Å²) in [5.41, 5.74) is 5.37. The molecule has 1 saturated heterocycles. The summed E-state index contributed by atoms with van der Waals surface area (Å²) in [7, 11) is 1.64. The van der Waals surface area contributed by atoms with Crippen LogP contribution in [0, 0.1) is 0 Å². The van der Waals surface area contributed by atoms with Gasteiger partial charge in [-0.3, -0.25) is 9.59 Å². The Kier molecular flexibility index (Phi) is 7.14. The van der Waals surface area contributed by atoms with Crippen LogP contribution in [0.4, 0.5) is 0 Å². The van der Waals surface area contributed by atoms with Gasteiger partial charge >= 0.3 is 0 Å². The molecule has 1 aliphatic heterocycles. The number of carbonyl (C=O) groups is 1. The number of rotatable bonds is 8. The Morgan fingerprint density at radius 2 is 2.03 bits per heavy atom. The van der Waals surface area contributed by atoms with Gasteiger partial charge < -0.3 is 14.5 Å². The Labute approximate surface area is 185 Å². The van der Waals surface area contributed by atoms with Crippen LogP contribution in [0.15, 0.2) is 47.3 Å². The molecule has 3 aromatic rings. The first-order valence-electron chi connectivity index (χ1n) is 10.9. The Balaban J connectivity index is 1.37. The molecule has 1 fully saturated rings.